The molecule has 0 saturated carbocycles. The minimum Gasteiger partial charge on any atom is -0.481 e. The number of aliphatic carboxylic acids is 1. The van der Waals surface area contributed by atoms with Gasteiger partial charge in [-0.2, -0.15) is 0 Å². The Bertz CT molecular complexity index is 1160. The van der Waals surface area contributed by atoms with Gasteiger partial charge in [0, 0.05) is 37.4 Å². The lowest BCUT2D eigenvalue weighted by molar-refractivity contribution is -0.154. The molecule has 2 aromatic carbocycles. The van der Waals surface area contributed by atoms with Crippen molar-refractivity contribution in [1.82, 2.24) is 9.80 Å². The molecule has 2 aliphatic rings. The SMILES string of the molecule is Cc1ccccc1NC(=O)Nc1ccc(CC(=O)N2CCOCC2C(=O)N2CCC(CC(=O)O)CC2)cc1. The standard InChI is InChI=1S/C28H34N4O6/c1-19-4-2-3-5-23(19)30-28(37)29-22-8-6-20(7-9-22)16-25(33)32-14-15-38-18-24(32)27(36)31-12-10-21(11-13-31)17-26(34)35/h2-9,21,24H,10-18H2,1H3,(H,34,35)(H2,29,30,37). The third-order valence-corrected chi connectivity index (χ3v) is 7.08. The van der Waals surface area contributed by atoms with Gasteiger partial charge in [-0.1, -0.05) is 30.3 Å². The number of morpholine rings is 1. The molecule has 10 heteroatoms. The average molecular weight is 523 g/mol. The van der Waals surface area contributed by atoms with E-state index in [0.717, 1.165) is 16.8 Å². The maximum Gasteiger partial charge on any atom is 0.323 e. The molecule has 4 rings (SSSR count). The molecule has 202 valence electrons. The molecule has 1 unspecified atom stereocenters. The second-order valence-electron chi connectivity index (χ2n) is 9.81. The Labute approximate surface area is 221 Å². The number of likely N-dealkylation sites (tertiary alicyclic amines) is 1. The van der Waals surface area contributed by atoms with Crippen molar-refractivity contribution in [1.29, 1.82) is 0 Å². The summed E-state index contributed by atoms with van der Waals surface area (Å²) in [5, 5.41) is 14.6. The molecule has 0 aliphatic carbocycles. The molecule has 2 heterocycles. The highest BCUT2D eigenvalue weighted by atomic mass is 16.5. The zero-order valence-corrected chi connectivity index (χ0v) is 21.5. The first-order valence-electron chi connectivity index (χ1n) is 12.9. The van der Waals surface area contributed by atoms with Crippen LogP contribution in [0.5, 0.6) is 0 Å². The van der Waals surface area contributed by atoms with E-state index in [0.29, 0.717) is 44.8 Å². The largest absolute Gasteiger partial charge is 0.481 e. The number of rotatable bonds is 7. The lowest BCUT2D eigenvalue weighted by atomic mass is 9.93. The number of ether oxygens (including phenoxy) is 1. The van der Waals surface area contributed by atoms with Crippen molar-refractivity contribution in [2.75, 3.05) is 43.5 Å². The zero-order valence-electron chi connectivity index (χ0n) is 21.5. The third-order valence-electron chi connectivity index (χ3n) is 7.08. The topological polar surface area (TPSA) is 128 Å². The molecule has 1 atom stereocenters. The number of carboxylic acids is 1. The fourth-order valence-electron chi connectivity index (χ4n) is 4.90. The number of anilines is 2. The van der Waals surface area contributed by atoms with Gasteiger partial charge in [0.05, 0.1) is 19.6 Å². The normalized spacial score (nSPS) is 18.1. The van der Waals surface area contributed by atoms with E-state index < -0.39 is 12.0 Å². The number of carboxylic acid groups (broad SMARTS) is 1. The molecule has 2 aliphatic heterocycles. The number of nitrogens with zero attached hydrogens (tertiary/aromatic N) is 2. The first-order chi connectivity index (χ1) is 18.3. The van der Waals surface area contributed by atoms with Crippen molar-refractivity contribution in [2.45, 2.75) is 38.6 Å². The van der Waals surface area contributed by atoms with Crippen LogP contribution in [0.1, 0.15) is 30.4 Å². The van der Waals surface area contributed by atoms with Crippen molar-refractivity contribution < 1.29 is 29.0 Å². The van der Waals surface area contributed by atoms with Crippen LogP contribution in [0.25, 0.3) is 0 Å². The number of hydrogen-bond acceptors (Lipinski definition) is 5. The summed E-state index contributed by atoms with van der Waals surface area (Å²) in [5.41, 5.74) is 3.05. The van der Waals surface area contributed by atoms with Gasteiger partial charge in [-0.3, -0.25) is 14.4 Å². The molecular weight excluding hydrogens is 488 g/mol. The maximum atomic E-state index is 13.2. The molecule has 0 radical (unpaired) electrons. The molecule has 0 spiro atoms. The van der Waals surface area contributed by atoms with Gasteiger partial charge in [0.2, 0.25) is 11.8 Å². The Kier molecular flexibility index (Phi) is 8.96. The average Bonchev–Trinajstić information content (AvgIpc) is 2.91. The molecule has 2 fully saturated rings. The predicted octanol–water partition coefficient (Wildman–Crippen LogP) is 3.12. The highest BCUT2D eigenvalue weighted by molar-refractivity contribution is 6.00. The van der Waals surface area contributed by atoms with Crippen LogP contribution in [0.15, 0.2) is 48.5 Å². The summed E-state index contributed by atoms with van der Waals surface area (Å²) < 4.78 is 5.54. The van der Waals surface area contributed by atoms with Gasteiger partial charge in [0.1, 0.15) is 6.04 Å². The fraction of sp³-hybridized carbons (Fsp3) is 0.429. The number of carbonyl (C=O) groups is 4. The van der Waals surface area contributed by atoms with Crippen LogP contribution >= 0.6 is 0 Å². The van der Waals surface area contributed by atoms with Gasteiger partial charge < -0.3 is 30.3 Å². The van der Waals surface area contributed by atoms with Crippen molar-refractivity contribution in [3.05, 3.63) is 59.7 Å². The van der Waals surface area contributed by atoms with Crippen LogP contribution < -0.4 is 10.6 Å². The minimum absolute atomic E-state index is 0.0721. The highest BCUT2D eigenvalue weighted by Crippen LogP contribution is 2.23. The molecule has 2 aromatic rings. The molecule has 3 N–H and O–H groups in total. The minimum atomic E-state index is -0.818. The maximum absolute atomic E-state index is 13.2. The number of hydrogen-bond donors (Lipinski definition) is 3. The van der Waals surface area contributed by atoms with E-state index >= 15 is 0 Å². The molecule has 38 heavy (non-hydrogen) atoms. The first-order valence-corrected chi connectivity index (χ1v) is 12.9. The van der Waals surface area contributed by atoms with Crippen LogP contribution in [0.3, 0.4) is 0 Å². The van der Waals surface area contributed by atoms with Crippen molar-refractivity contribution in [3.8, 4) is 0 Å². The third kappa shape index (κ3) is 7.10. The quantitative estimate of drug-likeness (QED) is 0.513. The number of aryl methyl sites for hydroxylation is 1. The number of para-hydroxylation sites is 1. The Morgan fingerprint density at radius 3 is 2.37 bits per heavy atom. The predicted molar refractivity (Wildman–Crippen MR) is 142 cm³/mol. The number of nitrogens with one attached hydrogen (secondary N) is 2. The first kappa shape index (κ1) is 27.1. The number of carbonyl (C=O) groups excluding carboxylic acids is 3. The molecule has 4 amide bonds. The second-order valence-corrected chi connectivity index (χ2v) is 9.81. The molecular formula is C28H34N4O6. The van der Waals surface area contributed by atoms with E-state index in [1.807, 2.05) is 31.2 Å². The summed E-state index contributed by atoms with van der Waals surface area (Å²) in [6.07, 6.45) is 1.52. The zero-order chi connectivity index (χ0) is 27.1. The van der Waals surface area contributed by atoms with E-state index in [9.17, 15) is 19.2 Å². The number of benzene rings is 2. The number of amides is 4. The van der Waals surface area contributed by atoms with Gasteiger partial charge >= 0.3 is 12.0 Å². The Morgan fingerprint density at radius 1 is 0.974 bits per heavy atom. The van der Waals surface area contributed by atoms with E-state index in [-0.39, 0.29) is 43.2 Å². The summed E-state index contributed by atoms with van der Waals surface area (Å²) in [4.78, 5) is 53.1. The summed E-state index contributed by atoms with van der Waals surface area (Å²) in [6, 6.07) is 13.5. The van der Waals surface area contributed by atoms with E-state index in [4.69, 9.17) is 9.84 Å². The fourth-order valence-corrected chi connectivity index (χ4v) is 4.90. The van der Waals surface area contributed by atoms with Crippen molar-refractivity contribution >= 4 is 35.2 Å². The summed E-state index contributed by atoms with van der Waals surface area (Å²) in [7, 11) is 0. The molecule has 10 nitrogen and oxygen atoms in total. The molecule has 2 saturated heterocycles. The number of piperidine rings is 1. The van der Waals surface area contributed by atoms with E-state index in [1.165, 1.54) is 0 Å². The lowest BCUT2D eigenvalue weighted by Gasteiger charge is -2.39. The van der Waals surface area contributed by atoms with Gasteiger partial charge in [0.15, 0.2) is 0 Å². The number of urea groups is 1. The van der Waals surface area contributed by atoms with Gasteiger partial charge in [-0.15, -0.1) is 0 Å². The lowest BCUT2D eigenvalue weighted by Crippen LogP contribution is -2.58. The molecule has 0 aromatic heterocycles. The monoisotopic (exact) mass is 522 g/mol. The summed E-state index contributed by atoms with van der Waals surface area (Å²) in [5.74, 6) is -1.05. The van der Waals surface area contributed by atoms with Crippen LogP contribution in [0, 0.1) is 12.8 Å². The summed E-state index contributed by atoms with van der Waals surface area (Å²) >= 11 is 0. The Morgan fingerprint density at radius 2 is 1.68 bits per heavy atom. The van der Waals surface area contributed by atoms with Gasteiger partial charge in [-0.05, 0) is 55.0 Å². The van der Waals surface area contributed by atoms with Crippen LogP contribution in [-0.2, 0) is 25.5 Å². The van der Waals surface area contributed by atoms with Gasteiger partial charge in [-0.25, -0.2) is 4.79 Å². The van der Waals surface area contributed by atoms with Crippen LogP contribution in [0.4, 0.5) is 16.2 Å². The van der Waals surface area contributed by atoms with E-state index in [1.54, 1.807) is 34.1 Å². The smallest absolute Gasteiger partial charge is 0.323 e. The van der Waals surface area contributed by atoms with Crippen LogP contribution in [0.2, 0.25) is 0 Å². The van der Waals surface area contributed by atoms with Crippen LogP contribution in [-0.4, -0.2) is 77.6 Å². The van der Waals surface area contributed by atoms with Crippen molar-refractivity contribution in [3.63, 3.8) is 0 Å². The van der Waals surface area contributed by atoms with E-state index in [2.05, 4.69) is 10.6 Å². The summed E-state index contributed by atoms with van der Waals surface area (Å²) in [6.45, 7) is 3.75. The highest BCUT2D eigenvalue weighted by Gasteiger charge is 2.36. The van der Waals surface area contributed by atoms with Gasteiger partial charge in [0.25, 0.3) is 0 Å². The Hall–Kier alpha value is -3.92. The van der Waals surface area contributed by atoms with Crippen molar-refractivity contribution in [2.24, 2.45) is 5.92 Å². The second kappa shape index (κ2) is 12.6. The molecule has 0 bridgehead atoms. The Balaban J connectivity index is 1.31.